The second-order valence-electron chi connectivity index (χ2n) is 3.83. The average Bonchev–Trinajstić information content (AvgIpc) is 2.75. The summed E-state index contributed by atoms with van der Waals surface area (Å²) in [5.41, 5.74) is 0.798. The van der Waals surface area contributed by atoms with Crippen LogP contribution in [0.15, 0.2) is 11.4 Å². The van der Waals surface area contributed by atoms with Crippen LogP contribution in [0.2, 0.25) is 0 Å². The van der Waals surface area contributed by atoms with E-state index in [4.69, 9.17) is 4.74 Å². The highest BCUT2D eigenvalue weighted by Crippen LogP contribution is 2.17. The molecular formula is C12H16N2O4S. The van der Waals surface area contributed by atoms with Crippen molar-refractivity contribution in [2.24, 2.45) is 0 Å². The first-order valence-corrected chi connectivity index (χ1v) is 6.67. The SMILES string of the molecule is CCNC(=O)NC(=O)[C@H](C)OC(=O)c1sccc1C. The quantitative estimate of drug-likeness (QED) is 0.820. The van der Waals surface area contributed by atoms with Crippen LogP contribution < -0.4 is 10.6 Å². The summed E-state index contributed by atoms with van der Waals surface area (Å²) < 4.78 is 5.00. The van der Waals surface area contributed by atoms with E-state index in [-0.39, 0.29) is 0 Å². The number of imide groups is 1. The summed E-state index contributed by atoms with van der Waals surface area (Å²) in [5.74, 6) is -1.22. The number of hydrogen-bond acceptors (Lipinski definition) is 5. The molecule has 1 aromatic rings. The van der Waals surface area contributed by atoms with E-state index in [0.29, 0.717) is 11.4 Å². The van der Waals surface area contributed by atoms with Crippen LogP contribution in [0.4, 0.5) is 4.79 Å². The van der Waals surface area contributed by atoms with Crippen molar-refractivity contribution in [3.05, 3.63) is 21.9 Å². The predicted octanol–water partition coefficient (Wildman–Crippen LogP) is 1.45. The Bertz CT molecular complexity index is 484. The molecule has 19 heavy (non-hydrogen) atoms. The lowest BCUT2D eigenvalue weighted by atomic mass is 10.3. The summed E-state index contributed by atoms with van der Waals surface area (Å²) in [6.45, 7) is 5.33. The first kappa shape index (κ1) is 15.2. The fourth-order valence-corrected chi connectivity index (χ4v) is 2.07. The van der Waals surface area contributed by atoms with Gasteiger partial charge in [-0.25, -0.2) is 9.59 Å². The van der Waals surface area contributed by atoms with E-state index < -0.39 is 24.0 Å². The Hall–Kier alpha value is -1.89. The van der Waals surface area contributed by atoms with Crippen LogP contribution in [0.1, 0.15) is 29.1 Å². The molecule has 0 spiro atoms. The van der Waals surface area contributed by atoms with Gasteiger partial charge < -0.3 is 10.1 Å². The molecule has 1 aromatic heterocycles. The Labute approximate surface area is 115 Å². The monoisotopic (exact) mass is 284 g/mol. The summed E-state index contributed by atoms with van der Waals surface area (Å²) in [6, 6.07) is 1.18. The standard InChI is InChI=1S/C12H16N2O4S/c1-4-13-12(17)14-10(15)8(3)18-11(16)9-7(2)5-6-19-9/h5-6,8H,4H2,1-3H3,(H2,13,14,15,17)/t8-/m0/s1. The minimum absolute atomic E-state index is 0.404. The number of carbonyl (C=O) groups is 3. The number of rotatable bonds is 4. The topological polar surface area (TPSA) is 84.5 Å². The van der Waals surface area contributed by atoms with Gasteiger partial charge in [-0.3, -0.25) is 10.1 Å². The Morgan fingerprint density at radius 1 is 1.42 bits per heavy atom. The third-order valence-corrected chi connectivity index (χ3v) is 3.27. The predicted molar refractivity (Wildman–Crippen MR) is 71.1 cm³/mol. The van der Waals surface area contributed by atoms with Crippen LogP contribution >= 0.6 is 11.3 Å². The van der Waals surface area contributed by atoms with Crippen LogP contribution in [0.3, 0.4) is 0 Å². The van der Waals surface area contributed by atoms with Crippen molar-refractivity contribution < 1.29 is 19.1 Å². The molecule has 0 aliphatic heterocycles. The molecule has 0 unspecified atom stereocenters. The van der Waals surface area contributed by atoms with E-state index in [1.165, 1.54) is 18.3 Å². The Morgan fingerprint density at radius 3 is 2.63 bits per heavy atom. The number of amides is 3. The maximum absolute atomic E-state index is 11.8. The van der Waals surface area contributed by atoms with Crippen molar-refractivity contribution in [2.75, 3.05) is 6.54 Å². The van der Waals surface area contributed by atoms with E-state index >= 15 is 0 Å². The number of thiophene rings is 1. The summed E-state index contributed by atoms with van der Waals surface area (Å²) in [5, 5.41) is 6.26. The minimum atomic E-state index is -1.03. The van der Waals surface area contributed by atoms with Crippen LogP contribution in [-0.2, 0) is 9.53 Å². The smallest absolute Gasteiger partial charge is 0.349 e. The van der Waals surface area contributed by atoms with Crippen molar-refractivity contribution >= 4 is 29.2 Å². The number of esters is 1. The maximum Gasteiger partial charge on any atom is 0.349 e. The molecule has 1 heterocycles. The second kappa shape index (κ2) is 6.89. The molecule has 0 saturated carbocycles. The molecule has 0 saturated heterocycles. The fraction of sp³-hybridized carbons (Fsp3) is 0.417. The molecule has 0 aliphatic rings. The van der Waals surface area contributed by atoms with Crippen molar-refractivity contribution in [2.45, 2.75) is 26.9 Å². The summed E-state index contributed by atoms with van der Waals surface area (Å²) >= 11 is 1.25. The van der Waals surface area contributed by atoms with Crippen LogP contribution in [0, 0.1) is 6.92 Å². The Morgan fingerprint density at radius 2 is 2.11 bits per heavy atom. The lowest BCUT2D eigenvalue weighted by Gasteiger charge is -2.12. The number of urea groups is 1. The van der Waals surface area contributed by atoms with Gasteiger partial charge in [-0.15, -0.1) is 11.3 Å². The van der Waals surface area contributed by atoms with Crippen LogP contribution in [-0.4, -0.2) is 30.6 Å². The Balaban J connectivity index is 2.53. The van der Waals surface area contributed by atoms with Gasteiger partial charge in [-0.1, -0.05) is 0 Å². The van der Waals surface area contributed by atoms with E-state index in [1.54, 1.807) is 25.3 Å². The molecule has 0 aliphatic carbocycles. The van der Waals surface area contributed by atoms with Gasteiger partial charge in [0.25, 0.3) is 5.91 Å². The highest BCUT2D eigenvalue weighted by atomic mass is 32.1. The van der Waals surface area contributed by atoms with Gasteiger partial charge in [0, 0.05) is 6.54 Å². The first-order chi connectivity index (χ1) is 8.95. The minimum Gasteiger partial charge on any atom is -0.448 e. The molecule has 0 bridgehead atoms. The van der Waals surface area contributed by atoms with E-state index in [9.17, 15) is 14.4 Å². The van der Waals surface area contributed by atoms with Crippen molar-refractivity contribution in [1.29, 1.82) is 0 Å². The number of carbonyl (C=O) groups excluding carboxylic acids is 3. The Kier molecular flexibility index (Phi) is 5.50. The summed E-state index contributed by atoms with van der Waals surface area (Å²) in [7, 11) is 0. The van der Waals surface area contributed by atoms with Gasteiger partial charge in [0.1, 0.15) is 4.88 Å². The third kappa shape index (κ3) is 4.36. The van der Waals surface area contributed by atoms with E-state index in [1.807, 2.05) is 0 Å². The molecule has 2 N–H and O–H groups in total. The molecule has 3 amide bonds. The van der Waals surface area contributed by atoms with Crippen molar-refractivity contribution in [1.82, 2.24) is 10.6 Å². The van der Waals surface area contributed by atoms with Crippen molar-refractivity contribution in [3.8, 4) is 0 Å². The zero-order valence-electron chi connectivity index (χ0n) is 11.0. The molecular weight excluding hydrogens is 268 g/mol. The van der Waals surface area contributed by atoms with Crippen molar-refractivity contribution in [3.63, 3.8) is 0 Å². The number of ether oxygens (including phenoxy) is 1. The van der Waals surface area contributed by atoms with Crippen LogP contribution in [0.5, 0.6) is 0 Å². The zero-order valence-corrected chi connectivity index (χ0v) is 11.8. The fourth-order valence-electron chi connectivity index (χ4n) is 1.27. The largest absolute Gasteiger partial charge is 0.448 e. The van der Waals surface area contributed by atoms with Gasteiger partial charge in [0.05, 0.1) is 0 Å². The highest BCUT2D eigenvalue weighted by Gasteiger charge is 2.21. The van der Waals surface area contributed by atoms with Gasteiger partial charge in [-0.05, 0) is 37.8 Å². The second-order valence-corrected chi connectivity index (χ2v) is 4.75. The molecule has 0 radical (unpaired) electrons. The number of nitrogens with one attached hydrogen (secondary N) is 2. The normalized spacial score (nSPS) is 11.5. The first-order valence-electron chi connectivity index (χ1n) is 5.79. The molecule has 7 heteroatoms. The molecule has 0 fully saturated rings. The maximum atomic E-state index is 11.8. The van der Waals surface area contributed by atoms with Gasteiger partial charge in [0.2, 0.25) is 0 Å². The average molecular weight is 284 g/mol. The van der Waals surface area contributed by atoms with E-state index in [0.717, 1.165) is 5.56 Å². The van der Waals surface area contributed by atoms with Gasteiger partial charge in [0.15, 0.2) is 6.10 Å². The molecule has 0 aromatic carbocycles. The number of hydrogen-bond donors (Lipinski definition) is 2. The molecule has 104 valence electrons. The lowest BCUT2D eigenvalue weighted by molar-refractivity contribution is -0.127. The zero-order chi connectivity index (χ0) is 14.4. The number of aryl methyl sites for hydroxylation is 1. The lowest BCUT2D eigenvalue weighted by Crippen LogP contribution is -2.44. The molecule has 1 rings (SSSR count). The molecule has 1 atom stereocenters. The van der Waals surface area contributed by atoms with Gasteiger partial charge >= 0.3 is 12.0 Å². The third-order valence-electron chi connectivity index (χ3n) is 2.27. The molecule has 6 nitrogen and oxygen atoms in total. The van der Waals surface area contributed by atoms with Gasteiger partial charge in [-0.2, -0.15) is 0 Å². The van der Waals surface area contributed by atoms with Crippen LogP contribution in [0.25, 0.3) is 0 Å². The highest BCUT2D eigenvalue weighted by molar-refractivity contribution is 7.12. The summed E-state index contributed by atoms with van der Waals surface area (Å²) in [6.07, 6.45) is -1.03. The van der Waals surface area contributed by atoms with E-state index in [2.05, 4.69) is 10.6 Å². The summed E-state index contributed by atoms with van der Waals surface area (Å²) in [4.78, 5) is 34.9.